The van der Waals surface area contributed by atoms with Crippen LogP contribution in [-0.2, 0) is 4.74 Å². The van der Waals surface area contributed by atoms with E-state index in [2.05, 4.69) is 31.3 Å². The van der Waals surface area contributed by atoms with Crippen LogP contribution in [0.3, 0.4) is 0 Å². The maximum Gasteiger partial charge on any atom is 0.0472 e. The molecule has 0 bridgehead atoms. The van der Waals surface area contributed by atoms with Gasteiger partial charge in [0.05, 0.1) is 0 Å². The summed E-state index contributed by atoms with van der Waals surface area (Å²) in [6.45, 7) is 8.13. The van der Waals surface area contributed by atoms with Crippen LogP contribution in [0, 0.1) is 0 Å². The van der Waals surface area contributed by atoms with Crippen molar-refractivity contribution in [3.63, 3.8) is 0 Å². The molecule has 0 saturated carbocycles. The molecule has 1 unspecified atom stereocenters. The molecule has 1 aromatic carbocycles. The molecular weight excluding hydrogens is 270 g/mol. The first-order valence-electron chi connectivity index (χ1n) is 7.81. The van der Waals surface area contributed by atoms with E-state index in [1.54, 1.807) is 0 Å². The summed E-state index contributed by atoms with van der Waals surface area (Å²) in [7, 11) is 0. The van der Waals surface area contributed by atoms with Crippen LogP contribution in [0.2, 0.25) is 5.02 Å². The molecule has 0 aromatic heterocycles. The first kappa shape index (κ1) is 17.5. The average Bonchev–Trinajstić information content (AvgIpc) is 2.45. The Morgan fingerprint density at radius 2 is 2.05 bits per heavy atom. The van der Waals surface area contributed by atoms with E-state index in [0.717, 1.165) is 50.6 Å². The number of hydrogen-bond donors (Lipinski definition) is 1. The normalized spacial score (nSPS) is 12.6. The number of ether oxygens (including phenoxy) is 1. The van der Waals surface area contributed by atoms with E-state index in [-0.39, 0.29) is 0 Å². The monoisotopic (exact) mass is 297 g/mol. The van der Waals surface area contributed by atoms with Crippen molar-refractivity contribution in [2.45, 2.75) is 45.4 Å². The molecule has 0 heterocycles. The Hall–Kier alpha value is -0.570. The number of benzene rings is 1. The molecule has 0 aliphatic heterocycles. The molecule has 20 heavy (non-hydrogen) atoms. The molecule has 0 amide bonds. The average molecular weight is 298 g/mol. The van der Waals surface area contributed by atoms with Crippen LogP contribution in [0.5, 0.6) is 0 Å². The molecular formula is C17H28ClNO. The van der Waals surface area contributed by atoms with Crippen molar-refractivity contribution in [3.05, 3.63) is 34.9 Å². The Labute approximate surface area is 128 Å². The zero-order chi connectivity index (χ0) is 14.6. The van der Waals surface area contributed by atoms with Crippen LogP contribution in [0.1, 0.15) is 51.0 Å². The molecule has 0 spiro atoms. The van der Waals surface area contributed by atoms with Crippen LogP contribution in [-0.4, -0.2) is 26.3 Å². The quantitative estimate of drug-likeness (QED) is 0.601. The molecule has 2 nitrogen and oxygen atoms in total. The van der Waals surface area contributed by atoms with Crippen molar-refractivity contribution in [3.8, 4) is 0 Å². The van der Waals surface area contributed by atoms with E-state index in [9.17, 15) is 0 Å². The highest BCUT2D eigenvalue weighted by molar-refractivity contribution is 6.30. The van der Waals surface area contributed by atoms with Crippen molar-refractivity contribution in [1.29, 1.82) is 0 Å². The lowest BCUT2D eigenvalue weighted by atomic mass is 9.96. The van der Waals surface area contributed by atoms with Crippen LogP contribution in [0.25, 0.3) is 0 Å². The fraction of sp³-hybridized carbons (Fsp3) is 0.647. The second-order valence-corrected chi connectivity index (χ2v) is 5.65. The summed E-state index contributed by atoms with van der Waals surface area (Å²) in [4.78, 5) is 0. The largest absolute Gasteiger partial charge is 0.381 e. The number of unbranched alkanes of at least 4 members (excludes halogenated alkanes) is 1. The van der Waals surface area contributed by atoms with Crippen molar-refractivity contribution >= 4 is 11.6 Å². The Balaban J connectivity index is 2.47. The van der Waals surface area contributed by atoms with Gasteiger partial charge >= 0.3 is 0 Å². The predicted molar refractivity (Wildman–Crippen MR) is 87.7 cm³/mol. The lowest BCUT2D eigenvalue weighted by Gasteiger charge is -2.18. The van der Waals surface area contributed by atoms with Gasteiger partial charge in [0.15, 0.2) is 0 Å². The van der Waals surface area contributed by atoms with Gasteiger partial charge < -0.3 is 10.1 Å². The number of nitrogens with one attached hydrogen (secondary N) is 1. The summed E-state index contributed by atoms with van der Waals surface area (Å²) in [5.74, 6) is 0.474. The predicted octanol–water partition coefficient (Wildman–Crippen LogP) is 4.63. The molecule has 1 aromatic rings. The SMILES string of the molecule is CCCCOCCC(CNCCC)c1cccc(Cl)c1. The fourth-order valence-electron chi connectivity index (χ4n) is 2.17. The van der Waals surface area contributed by atoms with E-state index in [0.29, 0.717) is 5.92 Å². The highest BCUT2D eigenvalue weighted by Crippen LogP contribution is 2.22. The topological polar surface area (TPSA) is 21.3 Å². The second kappa shape index (κ2) is 11.1. The molecule has 0 saturated heterocycles. The molecule has 0 aliphatic rings. The van der Waals surface area contributed by atoms with Crippen molar-refractivity contribution in [2.75, 3.05) is 26.3 Å². The molecule has 114 valence electrons. The summed E-state index contributed by atoms with van der Waals surface area (Å²) in [6, 6.07) is 8.20. The summed E-state index contributed by atoms with van der Waals surface area (Å²) >= 11 is 6.10. The Kier molecular flexibility index (Phi) is 9.73. The minimum absolute atomic E-state index is 0.474. The van der Waals surface area contributed by atoms with Crippen molar-refractivity contribution < 1.29 is 4.74 Å². The van der Waals surface area contributed by atoms with Gasteiger partial charge in [-0.25, -0.2) is 0 Å². The molecule has 3 heteroatoms. The van der Waals surface area contributed by atoms with E-state index >= 15 is 0 Å². The Morgan fingerprint density at radius 3 is 2.75 bits per heavy atom. The highest BCUT2D eigenvalue weighted by atomic mass is 35.5. The fourth-order valence-corrected chi connectivity index (χ4v) is 2.37. The standard InChI is InChI=1S/C17H28ClNO/c1-3-5-11-20-12-9-16(14-19-10-4-2)15-7-6-8-17(18)13-15/h6-8,13,16,19H,3-5,9-12,14H2,1-2H3. The summed E-state index contributed by atoms with van der Waals surface area (Å²) in [5, 5.41) is 4.32. The van der Waals surface area contributed by atoms with Crippen molar-refractivity contribution in [2.24, 2.45) is 0 Å². The van der Waals surface area contributed by atoms with Gasteiger partial charge in [-0.05, 0) is 49.4 Å². The summed E-state index contributed by atoms with van der Waals surface area (Å²) < 4.78 is 5.70. The highest BCUT2D eigenvalue weighted by Gasteiger charge is 2.11. The molecule has 0 fully saturated rings. The second-order valence-electron chi connectivity index (χ2n) is 5.21. The zero-order valence-corrected chi connectivity index (χ0v) is 13.6. The summed E-state index contributed by atoms with van der Waals surface area (Å²) in [6.07, 6.45) is 4.54. The maximum absolute atomic E-state index is 6.10. The third-order valence-electron chi connectivity index (χ3n) is 3.39. The van der Waals surface area contributed by atoms with Gasteiger partial charge in [0, 0.05) is 24.8 Å². The zero-order valence-electron chi connectivity index (χ0n) is 12.8. The minimum atomic E-state index is 0.474. The molecule has 0 radical (unpaired) electrons. The lowest BCUT2D eigenvalue weighted by molar-refractivity contribution is 0.124. The van der Waals surface area contributed by atoms with Gasteiger partial charge in [0.1, 0.15) is 0 Å². The van der Waals surface area contributed by atoms with Gasteiger partial charge in [-0.1, -0.05) is 44.0 Å². The Morgan fingerprint density at radius 1 is 1.20 bits per heavy atom. The molecule has 1 rings (SSSR count). The smallest absolute Gasteiger partial charge is 0.0472 e. The minimum Gasteiger partial charge on any atom is -0.381 e. The van der Waals surface area contributed by atoms with E-state index in [4.69, 9.17) is 16.3 Å². The van der Waals surface area contributed by atoms with Gasteiger partial charge in [0.25, 0.3) is 0 Å². The number of hydrogen-bond acceptors (Lipinski definition) is 2. The Bertz CT molecular complexity index is 357. The first-order chi connectivity index (χ1) is 9.77. The van der Waals surface area contributed by atoms with E-state index < -0.39 is 0 Å². The molecule has 0 aliphatic carbocycles. The van der Waals surface area contributed by atoms with E-state index in [1.165, 1.54) is 12.0 Å². The summed E-state index contributed by atoms with van der Waals surface area (Å²) in [5.41, 5.74) is 1.31. The third kappa shape index (κ3) is 7.28. The molecule has 1 atom stereocenters. The van der Waals surface area contributed by atoms with Crippen molar-refractivity contribution in [1.82, 2.24) is 5.32 Å². The van der Waals surface area contributed by atoms with Gasteiger partial charge in [0.2, 0.25) is 0 Å². The van der Waals surface area contributed by atoms with Gasteiger partial charge in [-0.2, -0.15) is 0 Å². The number of rotatable bonds is 11. The third-order valence-corrected chi connectivity index (χ3v) is 3.63. The van der Waals surface area contributed by atoms with E-state index in [1.807, 2.05) is 12.1 Å². The molecule has 1 N–H and O–H groups in total. The van der Waals surface area contributed by atoms with Crippen LogP contribution in [0.4, 0.5) is 0 Å². The van der Waals surface area contributed by atoms with Crippen LogP contribution < -0.4 is 5.32 Å². The lowest BCUT2D eigenvalue weighted by Crippen LogP contribution is -2.23. The first-order valence-corrected chi connectivity index (χ1v) is 8.19. The van der Waals surface area contributed by atoms with Crippen LogP contribution >= 0.6 is 11.6 Å². The number of halogens is 1. The van der Waals surface area contributed by atoms with Crippen LogP contribution in [0.15, 0.2) is 24.3 Å². The van der Waals surface area contributed by atoms with Gasteiger partial charge in [-0.3, -0.25) is 0 Å². The maximum atomic E-state index is 6.10. The van der Waals surface area contributed by atoms with Gasteiger partial charge in [-0.15, -0.1) is 0 Å².